The van der Waals surface area contributed by atoms with Crippen LogP contribution in [0.3, 0.4) is 0 Å². The lowest BCUT2D eigenvalue weighted by atomic mass is 9.87. The highest BCUT2D eigenvalue weighted by Crippen LogP contribution is 2.44. The first kappa shape index (κ1) is 15.6. The molecule has 6 nitrogen and oxygen atoms in total. The van der Waals surface area contributed by atoms with Gasteiger partial charge in [-0.15, -0.1) is 5.10 Å². The standard InChI is InChI=1S/C20H12FN3O3/c21-11-5-7-12(8-6-11)24-10-16(22-23-24)17-9-15-19(26)18(25)13-3-1-2-4-14(13)20(15)27-17/h1-8,10,17H,9H2. The normalized spacial score (nSPS) is 18.3. The van der Waals surface area contributed by atoms with Crippen LogP contribution in [0.2, 0.25) is 0 Å². The largest absolute Gasteiger partial charge is 0.483 e. The Hall–Kier alpha value is -3.61. The van der Waals surface area contributed by atoms with Crippen LogP contribution in [0.5, 0.6) is 0 Å². The Labute approximate surface area is 152 Å². The number of aromatic nitrogens is 3. The van der Waals surface area contributed by atoms with Crippen LogP contribution in [0.1, 0.15) is 34.1 Å². The molecule has 0 saturated heterocycles. The van der Waals surface area contributed by atoms with Crippen LogP contribution < -0.4 is 0 Å². The van der Waals surface area contributed by atoms with Crippen LogP contribution in [0, 0.1) is 5.82 Å². The second-order valence-electron chi connectivity index (χ2n) is 6.39. The summed E-state index contributed by atoms with van der Waals surface area (Å²) in [5, 5.41) is 8.18. The molecular weight excluding hydrogens is 349 g/mol. The van der Waals surface area contributed by atoms with Crippen molar-refractivity contribution in [1.82, 2.24) is 15.0 Å². The third-order valence-corrected chi connectivity index (χ3v) is 4.75. The molecule has 132 valence electrons. The van der Waals surface area contributed by atoms with Crippen LogP contribution in [0.15, 0.2) is 60.3 Å². The van der Waals surface area contributed by atoms with E-state index in [2.05, 4.69) is 10.3 Å². The van der Waals surface area contributed by atoms with Gasteiger partial charge in [0.25, 0.3) is 0 Å². The van der Waals surface area contributed by atoms with Crippen molar-refractivity contribution in [3.63, 3.8) is 0 Å². The van der Waals surface area contributed by atoms with Crippen molar-refractivity contribution in [2.45, 2.75) is 12.5 Å². The molecule has 0 fully saturated rings. The monoisotopic (exact) mass is 361 g/mol. The second-order valence-corrected chi connectivity index (χ2v) is 6.39. The summed E-state index contributed by atoms with van der Waals surface area (Å²) in [6.07, 6.45) is 1.43. The number of Topliss-reactive ketones (excluding diaryl/α,β-unsaturated/α-hetero) is 2. The molecule has 1 unspecified atom stereocenters. The first-order valence-corrected chi connectivity index (χ1v) is 8.38. The predicted octanol–water partition coefficient (Wildman–Crippen LogP) is 3.04. The molecule has 1 aromatic heterocycles. The Kier molecular flexibility index (Phi) is 3.30. The number of ether oxygens (including phenoxy) is 1. The molecule has 2 heterocycles. The van der Waals surface area contributed by atoms with Gasteiger partial charge < -0.3 is 4.74 Å². The topological polar surface area (TPSA) is 74.1 Å². The number of hydrogen-bond donors (Lipinski definition) is 0. The smallest absolute Gasteiger partial charge is 0.234 e. The fourth-order valence-electron chi connectivity index (χ4n) is 3.40. The molecular formula is C20H12FN3O3. The van der Waals surface area contributed by atoms with Gasteiger partial charge in [-0.3, -0.25) is 9.59 Å². The van der Waals surface area contributed by atoms with Gasteiger partial charge in [0.2, 0.25) is 11.6 Å². The summed E-state index contributed by atoms with van der Waals surface area (Å²) in [6.45, 7) is 0. The summed E-state index contributed by atoms with van der Waals surface area (Å²) in [6, 6.07) is 12.8. The maximum absolute atomic E-state index is 13.1. The maximum atomic E-state index is 13.1. The SMILES string of the molecule is O=C1C(=O)c2ccccc2C2=C1CC(c1cn(-c3ccc(F)cc3)nn1)O2. The summed E-state index contributed by atoms with van der Waals surface area (Å²) in [5.74, 6) is -0.936. The third-order valence-electron chi connectivity index (χ3n) is 4.75. The van der Waals surface area contributed by atoms with E-state index in [-0.39, 0.29) is 12.2 Å². The van der Waals surface area contributed by atoms with Gasteiger partial charge in [-0.25, -0.2) is 9.07 Å². The molecule has 7 heteroatoms. The average Bonchev–Trinajstić information content (AvgIpc) is 3.34. The van der Waals surface area contributed by atoms with E-state index >= 15 is 0 Å². The van der Waals surface area contributed by atoms with E-state index in [1.807, 2.05) is 0 Å². The van der Waals surface area contributed by atoms with Crippen LogP contribution in [0.25, 0.3) is 11.4 Å². The van der Waals surface area contributed by atoms with E-state index < -0.39 is 17.7 Å². The average molecular weight is 361 g/mol. The van der Waals surface area contributed by atoms with Gasteiger partial charge >= 0.3 is 0 Å². The number of carbonyl (C=O) groups excluding carboxylic acids is 2. The van der Waals surface area contributed by atoms with Crippen molar-refractivity contribution in [3.8, 4) is 5.69 Å². The van der Waals surface area contributed by atoms with Gasteiger partial charge in [0, 0.05) is 17.5 Å². The minimum atomic E-state index is -0.530. The Morgan fingerprint density at radius 3 is 2.52 bits per heavy atom. The quantitative estimate of drug-likeness (QED) is 0.656. The number of nitrogens with zero attached hydrogens (tertiary/aromatic N) is 3. The van der Waals surface area contributed by atoms with Crippen LogP contribution >= 0.6 is 0 Å². The molecule has 0 bridgehead atoms. The summed E-state index contributed by atoms with van der Waals surface area (Å²) in [4.78, 5) is 24.8. The predicted molar refractivity (Wildman–Crippen MR) is 92.5 cm³/mol. The maximum Gasteiger partial charge on any atom is 0.234 e. The minimum absolute atomic E-state index is 0.260. The molecule has 2 aromatic carbocycles. The van der Waals surface area contributed by atoms with E-state index in [1.165, 1.54) is 16.8 Å². The number of carbonyl (C=O) groups is 2. The number of halogens is 1. The number of fused-ring (bicyclic) bond motifs is 2. The third kappa shape index (κ3) is 2.39. The van der Waals surface area contributed by atoms with Crippen molar-refractivity contribution in [1.29, 1.82) is 0 Å². The van der Waals surface area contributed by atoms with Crippen molar-refractivity contribution >= 4 is 17.3 Å². The van der Waals surface area contributed by atoms with Crippen LogP contribution in [-0.4, -0.2) is 26.6 Å². The van der Waals surface area contributed by atoms with Gasteiger partial charge in [-0.2, -0.15) is 0 Å². The molecule has 1 aliphatic carbocycles. The van der Waals surface area contributed by atoms with Crippen molar-refractivity contribution in [2.24, 2.45) is 0 Å². The van der Waals surface area contributed by atoms with E-state index in [0.29, 0.717) is 33.8 Å². The second kappa shape index (κ2) is 5.70. The molecule has 3 aromatic rings. The van der Waals surface area contributed by atoms with E-state index in [1.54, 1.807) is 42.6 Å². The Balaban J connectivity index is 1.47. The van der Waals surface area contributed by atoms with E-state index in [0.717, 1.165) is 0 Å². The van der Waals surface area contributed by atoms with Crippen molar-refractivity contribution in [3.05, 3.63) is 82.9 Å². The van der Waals surface area contributed by atoms with E-state index in [4.69, 9.17) is 4.74 Å². The van der Waals surface area contributed by atoms with Gasteiger partial charge in [0.1, 0.15) is 23.4 Å². The Morgan fingerprint density at radius 2 is 1.74 bits per heavy atom. The number of benzene rings is 2. The number of hydrogen-bond acceptors (Lipinski definition) is 5. The van der Waals surface area contributed by atoms with Gasteiger partial charge in [-0.05, 0) is 24.3 Å². The summed E-state index contributed by atoms with van der Waals surface area (Å²) in [7, 11) is 0. The Bertz CT molecular complexity index is 1130. The fourth-order valence-corrected chi connectivity index (χ4v) is 3.40. The van der Waals surface area contributed by atoms with Gasteiger partial charge in [-0.1, -0.05) is 29.5 Å². The molecule has 0 spiro atoms. The van der Waals surface area contributed by atoms with Gasteiger partial charge in [0.05, 0.1) is 17.5 Å². The lowest BCUT2D eigenvalue weighted by Crippen LogP contribution is -2.22. The number of rotatable bonds is 2. The zero-order valence-corrected chi connectivity index (χ0v) is 13.9. The highest BCUT2D eigenvalue weighted by atomic mass is 19.1. The molecule has 27 heavy (non-hydrogen) atoms. The van der Waals surface area contributed by atoms with Crippen molar-refractivity contribution in [2.75, 3.05) is 0 Å². The molecule has 1 atom stereocenters. The molecule has 0 amide bonds. The fraction of sp³-hybridized carbons (Fsp3) is 0.100. The molecule has 0 N–H and O–H groups in total. The summed E-state index contributed by atoms with van der Waals surface area (Å²) < 4.78 is 20.6. The van der Waals surface area contributed by atoms with E-state index in [9.17, 15) is 14.0 Å². The lowest BCUT2D eigenvalue weighted by Gasteiger charge is -2.15. The lowest BCUT2D eigenvalue weighted by molar-refractivity contribution is -0.112. The van der Waals surface area contributed by atoms with Crippen LogP contribution in [0.4, 0.5) is 4.39 Å². The first-order chi connectivity index (χ1) is 13.1. The minimum Gasteiger partial charge on any atom is -0.483 e. The van der Waals surface area contributed by atoms with Crippen LogP contribution in [-0.2, 0) is 9.53 Å². The Morgan fingerprint density at radius 1 is 1.00 bits per heavy atom. The highest BCUT2D eigenvalue weighted by molar-refractivity contribution is 6.52. The molecule has 1 aliphatic heterocycles. The molecule has 5 rings (SSSR count). The van der Waals surface area contributed by atoms with Crippen molar-refractivity contribution < 1.29 is 18.7 Å². The molecule has 0 radical (unpaired) electrons. The first-order valence-electron chi connectivity index (χ1n) is 8.38. The summed E-state index contributed by atoms with van der Waals surface area (Å²) in [5.41, 5.74) is 2.55. The highest BCUT2D eigenvalue weighted by Gasteiger charge is 2.41. The van der Waals surface area contributed by atoms with Gasteiger partial charge in [0.15, 0.2) is 0 Å². The molecule has 0 saturated carbocycles. The number of ketones is 2. The summed E-state index contributed by atoms with van der Waals surface area (Å²) >= 11 is 0. The zero-order valence-electron chi connectivity index (χ0n) is 13.9. The molecule has 2 aliphatic rings. The zero-order chi connectivity index (χ0) is 18.5.